The number of methoxy groups -OCH3 is 1. The van der Waals surface area contributed by atoms with Crippen molar-refractivity contribution in [1.82, 2.24) is 14.8 Å². The lowest BCUT2D eigenvalue weighted by molar-refractivity contribution is -0.139. The Kier molecular flexibility index (Phi) is 5.94. The monoisotopic (exact) mass is 355 g/mol. The van der Waals surface area contributed by atoms with Gasteiger partial charge in [0, 0.05) is 44.5 Å². The number of nitrogens with zero attached hydrogens (tertiary/aromatic N) is 2. The number of ether oxygens (including phenoxy) is 1. The van der Waals surface area contributed by atoms with Crippen LogP contribution in [0.5, 0.6) is 5.75 Å². The lowest BCUT2D eigenvalue weighted by atomic mass is 10.1. The number of hydrogen-bond acceptors (Lipinski definition) is 3. The molecular weight excluding hydrogens is 330 g/mol. The topological polar surface area (TPSA) is 65.6 Å². The molecule has 0 saturated carbocycles. The van der Waals surface area contributed by atoms with E-state index >= 15 is 0 Å². The number of carbonyl (C=O) groups excluding carboxylic acids is 2. The van der Waals surface area contributed by atoms with Gasteiger partial charge in [-0.2, -0.15) is 0 Å². The van der Waals surface area contributed by atoms with E-state index in [0.717, 1.165) is 17.0 Å². The lowest BCUT2D eigenvalue weighted by Gasteiger charge is -2.35. The molecule has 2 heterocycles. The molecule has 0 bridgehead atoms. The van der Waals surface area contributed by atoms with Gasteiger partial charge in [-0.1, -0.05) is 18.2 Å². The Morgan fingerprint density at radius 2 is 1.69 bits per heavy atom. The van der Waals surface area contributed by atoms with Crippen LogP contribution in [0.4, 0.5) is 0 Å². The van der Waals surface area contributed by atoms with Crippen LogP contribution in [-0.4, -0.2) is 59.9 Å². The Morgan fingerprint density at radius 3 is 2.35 bits per heavy atom. The quantitative estimate of drug-likeness (QED) is 0.860. The summed E-state index contributed by atoms with van der Waals surface area (Å²) < 4.78 is 5.33. The van der Waals surface area contributed by atoms with Gasteiger partial charge >= 0.3 is 0 Å². The second-order valence-corrected chi connectivity index (χ2v) is 6.45. The second kappa shape index (κ2) is 8.56. The number of carbonyl (C=O) groups is 2. The van der Waals surface area contributed by atoms with E-state index in [1.165, 1.54) is 0 Å². The molecule has 1 saturated heterocycles. The maximum absolute atomic E-state index is 12.5. The lowest BCUT2D eigenvalue weighted by Crippen LogP contribution is -2.51. The third kappa shape index (κ3) is 4.45. The number of aromatic nitrogens is 1. The predicted octanol–water partition coefficient (Wildman–Crippen LogP) is 1.87. The van der Waals surface area contributed by atoms with Gasteiger partial charge in [0.2, 0.25) is 11.8 Å². The molecule has 1 aromatic carbocycles. The van der Waals surface area contributed by atoms with Crippen molar-refractivity contribution >= 4 is 11.8 Å². The molecular formula is C20H25N3O3. The van der Waals surface area contributed by atoms with E-state index in [1.807, 2.05) is 52.4 Å². The van der Waals surface area contributed by atoms with Crippen LogP contribution in [-0.2, 0) is 22.4 Å². The van der Waals surface area contributed by atoms with Gasteiger partial charge < -0.3 is 19.5 Å². The first-order valence-electron chi connectivity index (χ1n) is 8.97. The molecule has 2 amide bonds. The smallest absolute Gasteiger partial charge is 0.228 e. The number of amides is 2. The number of nitrogens with one attached hydrogen (secondary N) is 1. The van der Waals surface area contributed by atoms with E-state index in [-0.39, 0.29) is 11.8 Å². The number of aromatic amines is 1. The number of aryl methyl sites for hydroxylation is 1. The second-order valence-electron chi connectivity index (χ2n) is 6.45. The van der Waals surface area contributed by atoms with Crippen LogP contribution in [0.3, 0.4) is 0 Å². The molecule has 26 heavy (non-hydrogen) atoms. The van der Waals surface area contributed by atoms with E-state index < -0.39 is 0 Å². The molecule has 1 aliphatic rings. The maximum Gasteiger partial charge on any atom is 0.228 e. The first-order chi connectivity index (χ1) is 12.7. The van der Waals surface area contributed by atoms with Gasteiger partial charge in [-0.05, 0) is 30.2 Å². The van der Waals surface area contributed by atoms with Gasteiger partial charge in [-0.15, -0.1) is 0 Å². The Morgan fingerprint density at radius 1 is 1.00 bits per heavy atom. The Bertz CT molecular complexity index is 735. The highest BCUT2D eigenvalue weighted by Gasteiger charge is 2.24. The van der Waals surface area contributed by atoms with Crippen molar-refractivity contribution in [2.24, 2.45) is 0 Å². The molecule has 0 aliphatic carbocycles. The Hall–Kier alpha value is -2.76. The van der Waals surface area contributed by atoms with Crippen LogP contribution in [0, 0.1) is 0 Å². The van der Waals surface area contributed by atoms with Crippen molar-refractivity contribution in [2.45, 2.75) is 19.3 Å². The van der Waals surface area contributed by atoms with Crippen LogP contribution in [0.15, 0.2) is 42.6 Å². The molecule has 0 radical (unpaired) electrons. The maximum atomic E-state index is 12.5. The molecule has 1 aromatic heterocycles. The molecule has 138 valence electrons. The number of piperazine rings is 1. The predicted molar refractivity (Wildman–Crippen MR) is 99.0 cm³/mol. The summed E-state index contributed by atoms with van der Waals surface area (Å²) in [4.78, 5) is 31.5. The Labute approximate surface area is 153 Å². The van der Waals surface area contributed by atoms with E-state index in [4.69, 9.17) is 4.74 Å². The fourth-order valence-electron chi connectivity index (χ4n) is 3.27. The van der Waals surface area contributed by atoms with Gasteiger partial charge in [0.1, 0.15) is 5.75 Å². The standard InChI is InChI=1S/C20H25N3O3/c1-26-18-7-3-2-5-16(18)8-9-19(24)22-11-13-23(14-12-22)20(25)15-17-6-4-10-21-17/h2-7,10,21H,8-9,11-15H2,1H3. The highest BCUT2D eigenvalue weighted by molar-refractivity contribution is 5.80. The third-order valence-electron chi connectivity index (χ3n) is 4.79. The van der Waals surface area contributed by atoms with Crippen molar-refractivity contribution in [3.05, 3.63) is 53.9 Å². The minimum atomic E-state index is 0.105. The molecule has 6 heteroatoms. The van der Waals surface area contributed by atoms with Gasteiger partial charge in [-0.25, -0.2) is 0 Å². The summed E-state index contributed by atoms with van der Waals surface area (Å²) in [6.07, 6.45) is 3.32. The van der Waals surface area contributed by atoms with Crippen molar-refractivity contribution in [3.8, 4) is 5.75 Å². The minimum Gasteiger partial charge on any atom is -0.496 e. The van der Waals surface area contributed by atoms with Crippen LogP contribution < -0.4 is 4.74 Å². The Balaban J connectivity index is 1.45. The third-order valence-corrected chi connectivity index (χ3v) is 4.79. The molecule has 6 nitrogen and oxygen atoms in total. The number of para-hydroxylation sites is 1. The normalized spacial score (nSPS) is 14.3. The number of benzene rings is 1. The average molecular weight is 355 g/mol. The molecule has 1 N–H and O–H groups in total. The number of H-pyrrole nitrogens is 1. The van der Waals surface area contributed by atoms with Crippen molar-refractivity contribution in [2.75, 3.05) is 33.3 Å². The fourth-order valence-corrected chi connectivity index (χ4v) is 3.27. The van der Waals surface area contributed by atoms with Crippen LogP contribution in [0.2, 0.25) is 0 Å². The molecule has 0 unspecified atom stereocenters. The largest absolute Gasteiger partial charge is 0.496 e. The summed E-state index contributed by atoms with van der Waals surface area (Å²) in [6, 6.07) is 11.6. The molecule has 2 aromatic rings. The molecule has 1 fully saturated rings. The van der Waals surface area contributed by atoms with Crippen LogP contribution in [0.25, 0.3) is 0 Å². The summed E-state index contributed by atoms with van der Waals surface area (Å²) in [5, 5.41) is 0. The molecule has 0 atom stereocenters. The van der Waals surface area contributed by atoms with Gasteiger partial charge in [0.15, 0.2) is 0 Å². The van der Waals surface area contributed by atoms with E-state index in [2.05, 4.69) is 4.98 Å². The minimum absolute atomic E-state index is 0.105. The van der Waals surface area contributed by atoms with E-state index in [9.17, 15) is 9.59 Å². The number of hydrogen-bond donors (Lipinski definition) is 1. The van der Waals surface area contributed by atoms with Crippen LogP contribution in [0.1, 0.15) is 17.7 Å². The van der Waals surface area contributed by atoms with Gasteiger partial charge in [-0.3, -0.25) is 9.59 Å². The summed E-state index contributed by atoms with van der Waals surface area (Å²) in [5.41, 5.74) is 1.97. The highest BCUT2D eigenvalue weighted by Crippen LogP contribution is 2.19. The van der Waals surface area contributed by atoms with Crippen LogP contribution >= 0.6 is 0 Å². The molecule has 3 rings (SSSR count). The van der Waals surface area contributed by atoms with E-state index in [0.29, 0.717) is 45.4 Å². The summed E-state index contributed by atoms with van der Waals surface area (Å²) in [7, 11) is 1.64. The van der Waals surface area contributed by atoms with Gasteiger partial charge in [0.25, 0.3) is 0 Å². The van der Waals surface area contributed by atoms with Crippen molar-refractivity contribution in [3.63, 3.8) is 0 Å². The zero-order valence-corrected chi connectivity index (χ0v) is 15.1. The van der Waals surface area contributed by atoms with Crippen molar-refractivity contribution in [1.29, 1.82) is 0 Å². The van der Waals surface area contributed by atoms with E-state index in [1.54, 1.807) is 7.11 Å². The fraction of sp³-hybridized carbons (Fsp3) is 0.400. The SMILES string of the molecule is COc1ccccc1CCC(=O)N1CCN(C(=O)Cc2ccc[nH]2)CC1. The zero-order valence-electron chi connectivity index (χ0n) is 15.1. The highest BCUT2D eigenvalue weighted by atomic mass is 16.5. The summed E-state index contributed by atoms with van der Waals surface area (Å²) in [6.45, 7) is 2.39. The molecule has 1 aliphatic heterocycles. The first kappa shape index (κ1) is 18.0. The van der Waals surface area contributed by atoms with Crippen molar-refractivity contribution < 1.29 is 14.3 Å². The average Bonchev–Trinajstić information content (AvgIpc) is 3.19. The van der Waals surface area contributed by atoms with Gasteiger partial charge in [0.05, 0.1) is 13.5 Å². The first-order valence-corrected chi connectivity index (χ1v) is 8.97. The summed E-state index contributed by atoms with van der Waals surface area (Å²) in [5.74, 6) is 1.06. The number of rotatable bonds is 6. The molecule has 0 spiro atoms. The summed E-state index contributed by atoms with van der Waals surface area (Å²) >= 11 is 0. The zero-order chi connectivity index (χ0) is 18.4.